The Bertz CT molecular complexity index is 988. The largest absolute Gasteiger partial charge is 0.451 e. The van der Waals surface area contributed by atoms with Crippen molar-refractivity contribution in [3.63, 3.8) is 0 Å². The zero-order valence-electron chi connectivity index (χ0n) is 17.1. The van der Waals surface area contributed by atoms with Crippen molar-refractivity contribution in [2.75, 3.05) is 31.1 Å². The van der Waals surface area contributed by atoms with E-state index in [-0.39, 0.29) is 18.2 Å². The molecular formula is C23H25N3O3S. The second kappa shape index (κ2) is 10.5. The molecule has 0 spiro atoms. The molecule has 156 valence electrons. The first-order valence-corrected chi connectivity index (χ1v) is 10.7. The van der Waals surface area contributed by atoms with Crippen LogP contribution >= 0.6 is 11.3 Å². The minimum atomic E-state index is -0.599. The van der Waals surface area contributed by atoms with Gasteiger partial charge < -0.3 is 15.0 Å². The van der Waals surface area contributed by atoms with Crippen LogP contribution in [0.15, 0.2) is 60.0 Å². The first-order chi connectivity index (χ1) is 14.6. The maximum atomic E-state index is 12.2. The number of rotatable bonds is 9. The molecule has 3 aromatic rings. The van der Waals surface area contributed by atoms with Gasteiger partial charge in [-0.05, 0) is 31.5 Å². The lowest BCUT2D eigenvalue weighted by Crippen LogP contribution is -2.36. The van der Waals surface area contributed by atoms with E-state index in [9.17, 15) is 9.59 Å². The molecule has 7 heteroatoms. The molecule has 0 fully saturated rings. The van der Waals surface area contributed by atoms with E-state index in [1.54, 1.807) is 5.38 Å². The van der Waals surface area contributed by atoms with Gasteiger partial charge in [0, 0.05) is 36.3 Å². The van der Waals surface area contributed by atoms with Gasteiger partial charge in [0.25, 0.3) is 5.91 Å². The molecule has 0 aliphatic carbocycles. The Morgan fingerprint density at radius 2 is 1.93 bits per heavy atom. The van der Waals surface area contributed by atoms with Crippen molar-refractivity contribution >= 4 is 28.9 Å². The number of aryl methyl sites for hydroxylation is 1. The third kappa shape index (κ3) is 5.90. The summed E-state index contributed by atoms with van der Waals surface area (Å²) in [6.45, 7) is 5.77. The quantitative estimate of drug-likeness (QED) is 0.528. The average Bonchev–Trinajstić information content (AvgIpc) is 3.26. The van der Waals surface area contributed by atoms with Gasteiger partial charge >= 0.3 is 5.97 Å². The van der Waals surface area contributed by atoms with Gasteiger partial charge in [0.2, 0.25) is 0 Å². The Hall–Kier alpha value is -3.19. The van der Waals surface area contributed by atoms with Gasteiger partial charge in [-0.1, -0.05) is 42.5 Å². The molecule has 0 saturated heterocycles. The zero-order valence-corrected chi connectivity index (χ0v) is 17.9. The summed E-state index contributed by atoms with van der Waals surface area (Å²) in [5.74, 6) is -0.930. The van der Waals surface area contributed by atoms with Gasteiger partial charge in [0.1, 0.15) is 5.01 Å². The molecule has 0 saturated carbocycles. The number of amides is 1. The Kier molecular flexibility index (Phi) is 7.57. The van der Waals surface area contributed by atoms with Gasteiger partial charge in [0.05, 0.1) is 0 Å². The van der Waals surface area contributed by atoms with Crippen LogP contribution in [0.4, 0.5) is 5.69 Å². The van der Waals surface area contributed by atoms with Crippen LogP contribution in [0.5, 0.6) is 0 Å². The summed E-state index contributed by atoms with van der Waals surface area (Å²) >= 11 is 1.37. The van der Waals surface area contributed by atoms with E-state index >= 15 is 0 Å². The number of carbonyl (C=O) groups is 2. The van der Waals surface area contributed by atoms with Crippen LogP contribution in [0.3, 0.4) is 0 Å². The molecule has 1 heterocycles. The maximum absolute atomic E-state index is 12.2. The molecule has 1 aromatic heterocycles. The second-order valence-corrected chi connectivity index (χ2v) is 7.61. The molecule has 1 amide bonds. The fraction of sp³-hybridized carbons (Fsp3) is 0.261. The minimum Gasteiger partial charge on any atom is -0.451 e. The first kappa shape index (κ1) is 21.5. The summed E-state index contributed by atoms with van der Waals surface area (Å²) in [5.41, 5.74) is 3.46. The van der Waals surface area contributed by atoms with E-state index < -0.39 is 5.97 Å². The highest BCUT2D eigenvalue weighted by atomic mass is 32.1. The number of aromatic nitrogens is 1. The van der Waals surface area contributed by atoms with Crippen LogP contribution < -0.4 is 10.2 Å². The molecular weight excluding hydrogens is 398 g/mol. The van der Waals surface area contributed by atoms with Gasteiger partial charge in [0.15, 0.2) is 12.3 Å². The van der Waals surface area contributed by atoms with E-state index in [0.717, 1.165) is 22.8 Å². The summed E-state index contributed by atoms with van der Waals surface area (Å²) in [7, 11) is 0. The number of ether oxygens (including phenoxy) is 1. The summed E-state index contributed by atoms with van der Waals surface area (Å²) in [4.78, 5) is 30.7. The number of thiazole rings is 1. The number of esters is 1. The van der Waals surface area contributed by atoms with Gasteiger partial charge in [-0.3, -0.25) is 4.79 Å². The fourth-order valence-electron chi connectivity index (χ4n) is 2.96. The Labute approximate surface area is 180 Å². The van der Waals surface area contributed by atoms with Gasteiger partial charge in [-0.2, -0.15) is 0 Å². The predicted octanol–water partition coefficient (Wildman–Crippen LogP) is 3.92. The summed E-state index contributed by atoms with van der Waals surface area (Å²) in [5, 5.41) is 5.18. The van der Waals surface area contributed by atoms with Crippen LogP contribution in [-0.2, 0) is 9.53 Å². The van der Waals surface area contributed by atoms with E-state index in [2.05, 4.69) is 47.2 Å². The van der Waals surface area contributed by atoms with E-state index in [0.29, 0.717) is 13.1 Å². The molecule has 0 atom stereocenters. The number of hydrogen-bond acceptors (Lipinski definition) is 6. The van der Waals surface area contributed by atoms with Crippen LogP contribution in [-0.4, -0.2) is 43.1 Å². The summed E-state index contributed by atoms with van der Waals surface area (Å²) < 4.78 is 5.10. The molecule has 30 heavy (non-hydrogen) atoms. The molecule has 2 aromatic carbocycles. The SMILES string of the molecule is CCN(CCNC(=O)COC(=O)c1csc(-c2ccccc2)n1)c1cccc(C)c1. The molecule has 0 radical (unpaired) electrons. The second-order valence-electron chi connectivity index (χ2n) is 6.75. The lowest BCUT2D eigenvalue weighted by molar-refractivity contribution is -0.124. The molecule has 0 aliphatic rings. The molecule has 6 nitrogen and oxygen atoms in total. The van der Waals surface area contributed by atoms with Crippen molar-refractivity contribution < 1.29 is 14.3 Å². The zero-order chi connectivity index (χ0) is 21.3. The third-order valence-corrected chi connectivity index (χ3v) is 5.41. The average molecular weight is 424 g/mol. The van der Waals surface area contributed by atoms with Crippen LogP contribution in [0.1, 0.15) is 23.0 Å². The number of likely N-dealkylation sites (N-methyl/N-ethyl adjacent to an activating group) is 1. The van der Waals surface area contributed by atoms with Crippen LogP contribution in [0, 0.1) is 6.92 Å². The van der Waals surface area contributed by atoms with Crippen LogP contribution in [0.2, 0.25) is 0 Å². The molecule has 0 bridgehead atoms. The number of carbonyl (C=O) groups excluding carboxylic acids is 2. The monoisotopic (exact) mass is 423 g/mol. The van der Waals surface area contributed by atoms with Gasteiger partial charge in [-0.25, -0.2) is 9.78 Å². The summed E-state index contributed by atoms with van der Waals surface area (Å²) in [6.07, 6.45) is 0. The molecule has 3 rings (SSSR count). The van der Waals surface area contributed by atoms with Crippen LogP contribution in [0.25, 0.3) is 10.6 Å². The highest BCUT2D eigenvalue weighted by molar-refractivity contribution is 7.13. The fourth-order valence-corrected chi connectivity index (χ4v) is 3.76. The minimum absolute atomic E-state index is 0.211. The van der Waals surface area contributed by atoms with E-state index in [1.807, 2.05) is 36.4 Å². The number of nitrogens with one attached hydrogen (secondary N) is 1. The van der Waals surface area contributed by atoms with Gasteiger partial charge in [-0.15, -0.1) is 11.3 Å². The highest BCUT2D eigenvalue weighted by Gasteiger charge is 2.15. The highest BCUT2D eigenvalue weighted by Crippen LogP contribution is 2.23. The maximum Gasteiger partial charge on any atom is 0.358 e. The van der Waals surface area contributed by atoms with E-state index in [1.165, 1.54) is 16.9 Å². The van der Waals surface area contributed by atoms with Crippen molar-refractivity contribution in [2.45, 2.75) is 13.8 Å². The van der Waals surface area contributed by atoms with E-state index in [4.69, 9.17) is 4.74 Å². The smallest absolute Gasteiger partial charge is 0.358 e. The number of nitrogens with zero attached hydrogens (tertiary/aromatic N) is 2. The Morgan fingerprint density at radius 1 is 1.13 bits per heavy atom. The van der Waals surface area contributed by atoms with Crippen molar-refractivity contribution in [1.82, 2.24) is 10.3 Å². The molecule has 1 N–H and O–H groups in total. The lowest BCUT2D eigenvalue weighted by atomic mass is 10.2. The first-order valence-electron chi connectivity index (χ1n) is 9.83. The number of anilines is 1. The number of benzene rings is 2. The molecule has 0 unspecified atom stereocenters. The molecule has 0 aliphatic heterocycles. The van der Waals surface area contributed by atoms with Crippen molar-refractivity contribution in [2.24, 2.45) is 0 Å². The lowest BCUT2D eigenvalue weighted by Gasteiger charge is -2.23. The Morgan fingerprint density at radius 3 is 2.67 bits per heavy atom. The Balaban J connectivity index is 1.43. The van der Waals surface area contributed by atoms with Crippen molar-refractivity contribution in [1.29, 1.82) is 0 Å². The standard InChI is InChI=1S/C23H25N3O3S/c1-3-26(19-11-7-8-17(2)14-19)13-12-24-21(27)15-29-23(28)20-16-30-22(25-20)18-9-5-4-6-10-18/h4-11,14,16H,3,12-13,15H2,1-2H3,(H,24,27). The van der Waals surface area contributed by atoms with Crippen molar-refractivity contribution in [3.05, 3.63) is 71.2 Å². The number of hydrogen-bond donors (Lipinski definition) is 1. The predicted molar refractivity (Wildman–Crippen MR) is 120 cm³/mol. The third-order valence-electron chi connectivity index (χ3n) is 4.52. The normalized spacial score (nSPS) is 10.5. The topological polar surface area (TPSA) is 71.5 Å². The van der Waals surface area contributed by atoms with Crippen molar-refractivity contribution in [3.8, 4) is 10.6 Å². The summed E-state index contributed by atoms with van der Waals surface area (Å²) in [6, 6.07) is 17.9.